The van der Waals surface area contributed by atoms with Crippen LogP contribution in [0.5, 0.6) is 0 Å². The predicted molar refractivity (Wildman–Crippen MR) is 95.0 cm³/mol. The largest absolute Gasteiger partial charge is 0.348 e. The van der Waals surface area contributed by atoms with E-state index in [1.54, 1.807) is 6.92 Å². The molecule has 1 saturated carbocycles. The van der Waals surface area contributed by atoms with E-state index in [-0.39, 0.29) is 24.0 Å². The summed E-state index contributed by atoms with van der Waals surface area (Å²) in [6.45, 7) is 3.42. The van der Waals surface area contributed by atoms with Gasteiger partial charge in [0.05, 0.1) is 17.0 Å². The van der Waals surface area contributed by atoms with Gasteiger partial charge in [0.15, 0.2) is 9.84 Å². The van der Waals surface area contributed by atoms with Gasteiger partial charge in [-0.25, -0.2) is 13.2 Å². The van der Waals surface area contributed by atoms with E-state index in [1.807, 2.05) is 0 Å². The minimum atomic E-state index is -3.15. The van der Waals surface area contributed by atoms with Crippen LogP contribution < -0.4 is 10.6 Å². The van der Waals surface area contributed by atoms with Crippen LogP contribution in [0.25, 0.3) is 0 Å². The lowest BCUT2D eigenvalue weighted by atomic mass is 9.75. The summed E-state index contributed by atoms with van der Waals surface area (Å²) in [5, 5.41) is 5.49. The Kier molecular flexibility index (Phi) is 4.79. The van der Waals surface area contributed by atoms with Crippen molar-refractivity contribution in [1.29, 1.82) is 0 Å². The van der Waals surface area contributed by atoms with Gasteiger partial charge in [-0.1, -0.05) is 13.3 Å². The van der Waals surface area contributed by atoms with Gasteiger partial charge in [-0.15, -0.1) is 0 Å². The van der Waals surface area contributed by atoms with Crippen molar-refractivity contribution in [2.24, 2.45) is 5.92 Å². The number of carbonyl (C=O) groups excluding carboxylic acids is 3. The highest BCUT2D eigenvalue weighted by Crippen LogP contribution is 2.37. The number of rotatable bonds is 4. The van der Waals surface area contributed by atoms with Gasteiger partial charge in [0.1, 0.15) is 12.1 Å². The molecule has 3 fully saturated rings. The van der Waals surface area contributed by atoms with Crippen molar-refractivity contribution >= 4 is 27.7 Å². The molecule has 0 radical (unpaired) electrons. The van der Waals surface area contributed by atoms with Gasteiger partial charge in [-0.3, -0.25) is 14.5 Å². The molecule has 0 aromatic heterocycles. The molecule has 2 aliphatic heterocycles. The average molecular weight is 385 g/mol. The quantitative estimate of drug-likeness (QED) is 0.687. The lowest BCUT2D eigenvalue weighted by Gasteiger charge is -2.34. The Labute approximate surface area is 154 Å². The third-order valence-electron chi connectivity index (χ3n) is 6.03. The first-order valence-electron chi connectivity index (χ1n) is 9.24. The second-order valence-electron chi connectivity index (χ2n) is 8.21. The maximum atomic E-state index is 12.8. The first kappa shape index (κ1) is 19.1. The molecule has 2 N–H and O–H groups in total. The highest BCUT2D eigenvalue weighted by Gasteiger charge is 2.52. The highest BCUT2D eigenvalue weighted by atomic mass is 32.2. The summed E-state index contributed by atoms with van der Waals surface area (Å²) in [5.74, 6) is -0.348. The van der Waals surface area contributed by atoms with E-state index in [9.17, 15) is 22.8 Å². The molecule has 26 heavy (non-hydrogen) atoms. The molecule has 2 heterocycles. The number of urea groups is 1. The first-order chi connectivity index (χ1) is 12.1. The second kappa shape index (κ2) is 6.51. The van der Waals surface area contributed by atoms with E-state index >= 15 is 0 Å². The van der Waals surface area contributed by atoms with Crippen LogP contribution in [0.3, 0.4) is 0 Å². The van der Waals surface area contributed by atoms with Crippen LogP contribution in [-0.4, -0.2) is 60.3 Å². The van der Waals surface area contributed by atoms with E-state index in [0.717, 1.165) is 24.2 Å². The number of imide groups is 1. The number of nitrogens with zero attached hydrogens (tertiary/aromatic N) is 1. The molecule has 1 aliphatic carbocycles. The number of hydrogen-bond acceptors (Lipinski definition) is 5. The van der Waals surface area contributed by atoms with E-state index in [0.29, 0.717) is 25.2 Å². The van der Waals surface area contributed by atoms with Gasteiger partial charge in [0.25, 0.3) is 5.91 Å². The molecule has 9 heteroatoms. The number of carbonyl (C=O) groups is 3. The molecule has 0 aromatic rings. The summed E-state index contributed by atoms with van der Waals surface area (Å²) in [5.41, 5.74) is -1.71. The van der Waals surface area contributed by atoms with Crippen molar-refractivity contribution in [3.63, 3.8) is 0 Å². The van der Waals surface area contributed by atoms with E-state index in [2.05, 4.69) is 17.6 Å². The van der Waals surface area contributed by atoms with Crippen LogP contribution >= 0.6 is 0 Å². The zero-order valence-electron chi connectivity index (χ0n) is 15.3. The monoisotopic (exact) mass is 385 g/mol. The molecule has 1 unspecified atom stereocenters. The third-order valence-corrected chi connectivity index (χ3v) is 7.93. The molecule has 1 spiro atoms. The summed E-state index contributed by atoms with van der Waals surface area (Å²) >= 11 is 0. The fourth-order valence-corrected chi connectivity index (χ4v) is 6.46. The van der Waals surface area contributed by atoms with Crippen molar-refractivity contribution in [1.82, 2.24) is 15.5 Å². The van der Waals surface area contributed by atoms with Crippen LogP contribution in [0.1, 0.15) is 52.4 Å². The molecule has 8 nitrogen and oxygen atoms in total. The summed E-state index contributed by atoms with van der Waals surface area (Å²) < 4.78 is 23.3. The summed E-state index contributed by atoms with van der Waals surface area (Å²) in [6.07, 6.45) is 4.38. The Morgan fingerprint density at radius 3 is 2.46 bits per heavy atom. The molecule has 3 aliphatic rings. The van der Waals surface area contributed by atoms with E-state index < -0.39 is 32.9 Å². The molecule has 2 saturated heterocycles. The van der Waals surface area contributed by atoms with Gasteiger partial charge in [0.2, 0.25) is 5.91 Å². The minimum Gasteiger partial charge on any atom is -0.348 e. The lowest BCUT2D eigenvalue weighted by molar-refractivity contribution is -0.136. The Morgan fingerprint density at radius 2 is 1.92 bits per heavy atom. The smallest absolute Gasteiger partial charge is 0.325 e. The molecule has 0 aromatic carbocycles. The van der Waals surface area contributed by atoms with Crippen LogP contribution in [0.2, 0.25) is 0 Å². The molecule has 0 bridgehead atoms. The number of amides is 4. The van der Waals surface area contributed by atoms with Crippen LogP contribution in [-0.2, 0) is 19.4 Å². The topological polar surface area (TPSA) is 113 Å². The number of sulfone groups is 1. The molecule has 3 rings (SSSR count). The molecule has 1 atom stereocenters. The fourth-order valence-electron chi connectivity index (χ4n) is 4.37. The maximum Gasteiger partial charge on any atom is 0.325 e. The van der Waals surface area contributed by atoms with Gasteiger partial charge in [-0.05, 0) is 44.9 Å². The Hall–Kier alpha value is -1.64. The van der Waals surface area contributed by atoms with Gasteiger partial charge < -0.3 is 10.6 Å². The van der Waals surface area contributed by atoms with Gasteiger partial charge in [0, 0.05) is 0 Å². The van der Waals surface area contributed by atoms with Crippen molar-refractivity contribution < 1.29 is 22.8 Å². The number of hydrogen-bond donors (Lipinski definition) is 2. The van der Waals surface area contributed by atoms with Crippen molar-refractivity contribution in [3.8, 4) is 0 Å². The van der Waals surface area contributed by atoms with Gasteiger partial charge >= 0.3 is 6.03 Å². The molecular formula is C17H27N3O5S. The second-order valence-corrected chi connectivity index (χ2v) is 10.4. The zero-order valence-corrected chi connectivity index (χ0v) is 16.2. The lowest BCUT2D eigenvalue weighted by Crippen LogP contribution is -2.52. The Bertz CT molecular complexity index is 727. The summed E-state index contributed by atoms with van der Waals surface area (Å²) in [7, 11) is -3.15. The van der Waals surface area contributed by atoms with Crippen LogP contribution in [0.15, 0.2) is 0 Å². The fraction of sp³-hybridized carbons (Fsp3) is 0.824. The SMILES string of the molecule is CCC1CCC2(CC1)NC(=O)N(CC(=O)NC1(C)CCS(=O)(=O)C1)C2=O. The number of nitrogens with one attached hydrogen (secondary N) is 2. The normalized spacial score (nSPS) is 36.4. The molecular weight excluding hydrogens is 358 g/mol. The van der Waals surface area contributed by atoms with Crippen molar-refractivity contribution in [2.45, 2.75) is 63.5 Å². The van der Waals surface area contributed by atoms with E-state index in [4.69, 9.17) is 0 Å². The van der Waals surface area contributed by atoms with Crippen molar-refractivity contribution in [3.05, 3.63) is 0 Å². The minimum absolute atomic E-state index is 0.0363. The van der Waals surface area contributed by atoms with Gasteiger partial charge in [-0.2, -0.15) is 0 Å². The summed E-state index contributed by atoms with van der Waals surface area (Å²) in [4.78, 5) is 38.4. The zero-order chi connectivity index (χ0) is 19.2. The first-order valence-corrected chi connectivity index (χ1v) is 11.1. The van der Waals surface area contributed by atoms with Crippen LogP contribution in [0.4, 0.5) is 4.79 Å². The van der Waals surface area contributed by atoms with Crippen molar-refractivity contribution in [2.75, 3.05) is 18.1 Å². The molecule has 146 valence electrons. The molecule has 4 amide bonds. The standard InChI is InChI=1S/C17H27N3O5S/c1-3-12-4-6-17(7-5-12)14(22)20(15(23)19-17)10-13(21)18-16(2)8-9-26(24,25)11-16/h12H,3-11H2,1-2H3,(H,18,21)(H,19,23). The summed E-state index contributed by atoms with van der Waals surface area (Å²) in [6, 6.07) is -0.538. The van der Waals surface area contributed by atoms with Crippen LogP contribution in [0, 0.1) is 5.92 Å². The average Bonchev–Trinajstić information content (AvgIpc) is 2.96. The predicted octanol–water partition coefficient (Wildman–Crippen LogP) is 0.571. The highest BCUT2D eigenvalue weighted by molar-refractivity contribution is 7.91. The maximum absolute atomic E-state index is 12.8. The van der Waals surface area contributed by atoms with E-state index in [1.165, 1.54) is 0 Å². The Balaban J connectivity index is 1.62. The third kappa shape index (κ3) is 3.58. The Morgan fingerprint density at radius 1 is 1.27 bits per heavy atom.